The van der Waals surface area contributed by atoms with E-state index >= 15 is 0 Å². The highest BCUT2D eigenvalue weighted by Gasteiger charge is 2.35. The summed E-state index contributed by atoms with van der Waals surface area (Å²) in [6, 6.07) is 15.9. The largest absolute Gasteiger partial charge is 0.494 e. The molecule has 3 rings (SSSR count). The Morgan fingerprint density at radius 3 is 2.47 bits per heavy atom. The summed E-state index contributed by atoms with van der Waals surface area (Å²) < 4.78 is 5.42. The van der Waals surface area contributed by atoms with Crippen molar-refractivity contribution in [2.24, 2.45) is 0 Å². The Kier molecular flexibility index (Phi) is 6.68. The van der Waals surface area contributed by atoms with Crippen LogP contribution in [0.5, 0.6) is 5.75 Å². The minimum Gasteiger partial charge on any atom is -0.494 e. The van der Waals surface area contributed by atoms with Crippen LogP contribution in [-0.4, -0.2) is 41.0 Å². The topological polar surface area (TPSA) is 82.4 Å². The molecule has 0 aromatic heterocycles. The van der Waals surface area contributed by atoms with Gasteiger partial charge in [-0.2, -0.15) is 5.26 Å². The Hall–Kier alpha value is -2.98. The summed E-state index contributed by atoms with van der Waals surface area (Å²) in [5.41, 5.74) is 1.46. The van der Waals surface area contributed by atoms with Gasteiger partial charge >= 0.3 is 0 Å². The molecule has 30 heavy (non-hydrogen) atoms. The van der Waals surface area contributed by atoms with Crippen LogP contribution in [-0.2, 0) is 10.2 Å². The molecule has 1 fully saturated rings. The van der Waals surface area contributed by atoms with Crippen LogP contribution in [0.3, 0.4) is 0 Å². The summed E-state index contributed by atoms with van der Waals surface area (Å²) in [7, 11) is 0. The van der Waals surface area contributed by atoms with E-state index in [4.69, 9.17) is 4.74 Å². The van der Waals surface area contributed by atoms with Crippen LogP contribution in [0.2, 0.25) is 0 Å². The number of hydrogen-bond acceptors (Lipinski definition) is 5. The van der Waals surface area contributed by atoms with Crippen molar-refractivity contribution in [3.8, 4) is 11.8 Å². The Morgan fingerprint density at radius 2 is 1.87 bits per heavy atom. The number of carbonyl (C=O) groups excluding carboxylic acids is 2. The van der Waals surface area contributed by atoms with Crippen LogP contribution in [0, 0.1) is 11.3 Å². The van der Waals surface area contributed by atoms with Gasteiger partial charge in [0, 0.05) is 17.0 Å². The molecular formula is C23H25N3O3S. The molecule has 1 aliphatic heterocycles. The third-order valence-electron chi connectivity index (χ3n) is 5.01. The maximum Gasteiger partial charge on any atom is 0.255 e. The fraction of sp³-hybridized carbons (Fsp3) is 0.348. The first kappa shape index (κ1) is 21.7. The second-order valence-corrected chi connectivity index (χ2v) is 8.55. The molecule has 156 valence electrons. The van der Waals surface area contributed by atoms with E-state index in [9.17, 15) is 14.9 Å². The number of nitriles is 1. The quantitative estimate of drug-likeness (QED) is 0.758. The van der Waals surface area contributed by atoms with Crippen molar-refractivity contribution in [3.05, 3.63) is 59.7 Å². The van der Waals surface area contributed by atoms with Gasteiger partial charge in [-0.3, -0.25) is 9.59 Å². The number of thioether (sulfide) groups is 1. The van der Waals surface area contributed by atoms with Crippen LogP contribution < -0.4 is 10.1 Å². The number of anilines is 1. The second-order valence-electron chi connectivity index (χ2n) is 7.55. The Bertz CT molecular complexity index is 949. The molecule has 7 heteroatoms. The minimum atomic E-state index is -0.592. The third kappa shape index (κ3) is 4.77. The summed E-state index contributed by atoms with van der Waals surface area (Å²) in [5.74, 6) is 1.34. The zero-order chi connectivity index (χ0) is 21.7. The van der Waals surface area contributed by atoms with Crippen molar-refractivity contribution in [3.63, 3.8) is 0 Å². The Labute approximate surface area is 181 Å². The lowest BCUT2D eigenvalue weighted by molar-refractivity contribution is -0.119. The molecule has 0 spiro atoms. The zero-order valence-electron chi connectivity index (χ0n) is 17.3. The zero-order valence-corrected chi connectivity index (χ0v) is 18.2. The van der Waals surface area contributed by atoms with Crippen molar-refractivity contribution in [1.29, 1.82) is 5.26 Å². The highest BCUT2D eigenvalue weighted by Crippen LogP contribution is 2.26. The van der Waals surface area contributed by atoms with E-state index in [0.717, 1.165) is 5.56 Å². The molecule has 1 N–H and O–H groups in total. The molecule has 2 aromatic rings. The predicted molar refractivity (Wildman–Crippen MR) is 119 cm³/mol. The number of amides is 2. The number of benzene rings is 2. The minimum absolute atomic E-state index is 0.172. The molecular weight excluding hydrogens is 398 g/mol. The number of ether oxygens (including phenoxy) is 1. The maximum atomic E-state index is 12.9. The van der Waals surface area contributed by atoms with Gasteiger partial charge in [0.05, 0.1) is 24.0 Å². The third-order valence-corrected chi connectivity index (χ3v) is 6.02. The first-order chi connectivity index (χ1) is 14.4. The fourth-order valence-electron chi connectivity index (χ4n) is 3.15. The summed E-state index contributed by atoms with van der Waals surface area (Å²) in [5, 5.41) is 12.1. The molecule has 1 saturated heterocycles. The SMILES string of the molecule is CCOc1ccc(C(=O)N2CSCC2C(=O)Nc2ccc(C(C)(C)C#N)cc2)cc1. The van der Waals surface area contributed by atoms with Crippen molar-refractivity contribution in [2.75, 3.05) is 23.6 Å². The number of rotatable bonds is 6. The van der Waals surface area contributed by atoms with Crippen LogP contribution in [0.25, 0.3) is 0 Å². The van der Waals surface area contributed by atoms with Crippen LogP contribution in [0.4, 0.5) is 5.69 Å². The molecule has 0 saturated carbocycles. The van der Waals surface area contributed by atoms with E-state index in [1.54, 1.807) is 53.1 Å². The van der Waals surface area contributed by atoms with Crippen molar-refractivity contribution < 1.29 is 14.3 Å². The predicted octanol–water partition coefficient (Wildman–Crippen LogP) is 4.04. The maximum absolute atomic E-state index is 12.9. The smallest absolute Gasteiger partial charge is 0.255 e. The molecule has 1 heterocycles. The first-order valence-corrected chi connectivity index (χ1v) is 11.0. The van der Waals surface area contributed by atoms with Crippen molar-refractivity contribution >= 4 is 29.3 Å². The van der Waals surface area contributed by atoms with Crippen molar-refractivity contribution in [2.45, 2.75) is 32.2 Å². The summed E-state index contributed by atoms with van der Waals surface area (Å²) in [4.78, 5) is 27.4. The molecule has 0 aliphatic carbocycles. The van der Waals surface area contributed by atoms with E-state index in [0.29, 0.717) is 35.2 Å². The van der Waals surface area contributed by atoms with Gasteiger partial charge in [-0.25, -0.2) is 0 Å². The van der Waals surface area contributed by atoms with Crippen LogP contribution >= 0.6 is 11.8 Å². The van der Waals surface area contributed by atoms with Crippen LogP contribution in [0.15, 0.2) is 48.5 Å². The lowest BCUT2D eigenvalue weighted by atomic mass is 9.86. The van der Waals surface area contributed by atoms with Gasteiger partial charge in [0.1, 0.15) is 11.8 Å². The normalized spacial score (nSPS) is 16.1. The highest BCUT2D eigenvalue weighted by molar-refractivity contribution is 7.99. The Morgan fingerprint density at radius 1 is 1.20 bits per heavy atom. The van der Waals surface area contributed by atoms with Gasteiger partial charge < -0.3 is 15.0 Å². The van der Waals surface area contributed by atoms with Gasteiger partial charge in [-0.1, -0.05) is 12.1 Å². The standard InChI is InChI=1S/C23H25N3O3S/c1-4-29-19-11-5-16(6-12-19)22(28)26-15-30-13-20(26)21(27)25-18-9-7-17(8-10-18)23(2,3)14-24/h5-12,20H,4,13,15H2,1-3H3,(H,25,27). The highest BCUT2D eigenvalue weighted by atomic mass is 32.2. The van der Waals surface area contributed by atoms with E-state index in [2.05, 4.69) is 11.4 Å². The molecule has 6 nitrogen and oxygen atoms in total. The average Bonchev–Trinajstić information content (AvgIpc) is 3.24. The van der Waals surface area contributed by atoms with E-state index in [1.165, 1.54) is 0 Å². The van der Waals surface area contributed by atoms with Gasteiger partial charge in [0.2, 0.25) is 5.91 Å². The summed E-state index contributed by atoms with van der Waals surface area (Å²) in [6.07, 6.45) is 0. The first-order valence-electron chi connectivity index (χ1n) is 9.80. The van der Waals surface area contributed by atoms with Gasteiger partial charge in [0.25, 0.3) is 5.91 Å². The second kappa shape index (κ2) is 9.23. The molecule has 1 atom stereocenters. The number of carbonyl (C=O) groups is 2. The lowest BCUT2D eigenvalue weighted by Gasteiger charge is -2.23. The average molecular weight is 424 g/mol. The van der Waals surface area contributed by atoms with Gasteiger partial charge in [-0.15, -0.1) is 11.8 Å². The van der Waals surface area contributed by atoms with E-state index in [1.807, 2.05) is 32.9 Å². The Balaban J connectivity index is 1.68. The molecule has 1 aliphatic rings. The molecule has 2 aromatic carbocycles. The lowest BCUT2D eigenvalue weighted by Crippen LogP contribution is -2.44. The molecule has 0 radical (unpaired) electrons. The number of hydrogen-bond donors (Lipinski definition) is 1. The van der Waals surface area contributed by atoms with Crippen molar-refractivity contribution in [1.82, 2.24) is 4.90 Å². The van der Waals surface area contributed by atoms with E-state index in [-0.39, 0.29) is 11.8 Å². The monoisotopic (exact) mass is 423 g/mol. The number of nitrogens with one attached hydrogen (secondary N) is 1. The van der Waals surface area contributed by atoms with Gasteiger partial charge in [-0.05, 0) is 62.7 Å². The van der Waals surface area contributed by atoms with Crippen LogP contribution in [0.1, 0.15) is 36.7 Å². The summed E-state index contributed by atoms with van der Waals surface area (Å²) >= 11 is 1.56. The number of nitrogens with zero attached hydrogens (tertiary/aromatic N) is 2. The summed E-state index contributed by atoms with van der Waals surface area (Å²) in [6.45, 7) is 6.16. The molecule has 2 amide bonds. The molecule has 0 bridgehead atoms. The molecule has 1 unspecified atom stereocenters. The van der Waals surface area contributed by atoms with Gasteiger partial charge in [0.15, 0.2) is 0 Å². The fourth-order valence-corrected chi connectivity index (χ4v) is 4.30. The van der Waals surface area contributed by atoms with E-state index < -0.39 is 11.5 Å².